The van der Waals surface area contributed by atoms with Crippen LogP contribution in [0.2, 0.25) is 0 Å². The fourth-order valence-electron chi connectivity index (χ4n) is 8.19. The van der Waals surface area contributed by atoms with Crippen LogP contribution in [0.15, 0.2) is 164 Å². The normalized spacial score (nSPS) is 13.1. The van der Waals surface area contributed by atoms with Crippen molar-refractivity contribution in [1.82, 2.24) is 15.0 Å². The average molecular weight is 652 g/mol. The van der Waals surface area contributed by atoms with E-state index in [1.54, 1.807) is 0 Å². The molecule has 0 amide bonds. The van der Waals surface area contributed by atoms with Crippen LogP contribution in [0, 0.1) is 0 Å². The number of aromatic nitrogens is 3. The van der Waals surface area contributed by atoms with Gasteiger partial charge in [0, 0.05) is 22.1 Å². The van der Waals surface area contributed by atoms with Crippen molar-refractivity contribution in [1.29, 1.82) is 0 Å². The Morgan fingerprint density at radius 3 is 1.59 bits per heavy atom. The van der Waals surface area contributed by atoms with Gasteiger partial charge in [0.05, 0.1) is 0 Å². The van der Waals surface area contributed by atoms with Crippen LogP contribution in [0.25, 0.3) is 88.7 Å². The standard InChI is InChI=1S/C48H33N3/c1-48(2)42-22-11-10-19-38(42)40-29-41(39-21-12-20-37(43(39)44(40)48)32-15-4-3-5-16-32)47-50-45(35-25-23-30-13-6-8-17-33(30)27-35)49-46(51-47)36-26-24-31-14-7-9-18-34(31)28-36/h3-29H,1-2H3. The highest BCUT2D eigenvalue weighted by Gasteiger charge is 2.38. The number of benzene rings is 8. The first-order valence-corrected chi connectivity index (χ1v) is 17.5. The molecule has 0 N–H and O–H groups in total. The summed E-state index contributed by atoms with van der Waals surface area (Å²) in [7, 11) is 0. The fourth-order valence-corrected chi connectivity index (χ4v) is 8.19. The molecule has 1 aliphatic carbocycles. The van der Waals surface area contributed by atoms with Crippen LogP contribution in [-0.2, 0) is 5.41 Å². The molecule has 0 fully saturated rings. The molecule has 0 saturated carbocycles. The summed E-state index contributed by atoms with van der Waals surface area (Å²) in [4.78, 5) is 15.8. The lowest BCUT2D eigenvalue weighted by Gasteiger charge is -2.25. The van der Waals surface area contributed by atoms with Gasteiger partial charge in [-0.1, -0.05) is 159 Å². The molecular formula is C48H33N3. The molecule has 51 heavy (non-hydrogen) atoms. The Morgan fingerprint density at radius 2 is 0.922 bits per heavy atom. The van der Waals surface area contributed by atoms with Gasteiger partial charge in [-0.2, -0.15) is 0 Å². The Hall–Kier alpha value is -6.45. The third kappa shape index (κ3) is 4.69. The van der Waals surface area contributed by atoms with Crippen LogP contribution >= 0.6 is 0 Å². The minimum atomic E-state index is -0.195. The molecule has 1 aromatic heterocycles. The lowest BCUT2D eigenvalue weighted by Crippen LogP contribution is -2.16. The summed E-state index contributed by atoms with van der Waals surface area (Å²) in [6.45, 7) is 4.72. The highest BCUT2D eigenvalue weighted by Crippen LogP contribution is 2.54. The first-order chi connectivity index (χ1) is 25.0. The van der Waals surface area contributed by atoms with E-state index in [9.17, 15) is 0 Å². The third-order valence-electron chi connectivity index (χ3n) is 10.7. The smallest absolute Gasteiger partial charge is 0.164 e. The first kappa shape index (κ1) is 29.5. The van der Waals surface area contributed by atoms with E-state index >= 15 is 0 Å². The van der Waals surface area contributed by atoms with Crippen LogP contribution in [-0.4, -0.2) is 15.0 Å². The molecule has 0 spiro atoms. The van der Waals surface area contributed by atoms with E-state index in [1.165, 1.54) is 49.5 Å². The van der Waals surface area contributed by atoms with E-state index < -0.39 is 0 Å². The van der Waals surface area contributed by atoms with Gasteiger partial charge in [0.25, 0.3) is 0 Å². The predicted molar refractivity (Wildman–Crippen MR) is 212 cm³/mol. The molecular weight excluding hydrogens is 619 g/mol. The lowest BCUT2D eigenvalue weighted by atomic mass is 9.78. The van der Waals surface area contributed by atoms with Gasteiger partial charge in [-0.05, 0) is 83.9 Å². The van der Waals surface area contributed by atoms with Gasteiger partial charge >= 0.3 is 0 Å². The van der Waals surface area contributed by atoms with E-state index in [4.69, 9.17) is 15.0 Å². The number of nitrogens with zero attached hydrogens (tertiary/aromatic N) is 3. The van der Waals surface area contributed by atoms with Crippen LogP contribution in [0.3, 0.4) is 0 Å². The molecule has 3 heteroatoms. The molecule has 0 aliphatic heterocycles. The molecule has 0 bridgehead atoms. The van der Waals surface area contributed by atoms with Gasteiger partial charge in [0.2, 0.25) is 0 Å². The molecule has 0 radical (unpaired) electrons. The molecule has 240 valence electrons. The molecule has 9 aromatic rings. The van der Waals surface area contributed by atoms with Crippen molar-refractivity contribution in [2.75, 3.05) is 0 Å². The minimum absolute atomic E-state index is 0.195. The zero-order chi connectivity index (χ0) is 34.1. The average Bonchev–Trinajstić information content (AvgIpc) is 3.42. The van der Waals surface area contributed by atoms with Crippen LogP contribution in [0.4, 0.5) is 0 Å². The molecule has 0 unspecified atom stereocenters. The number of hydrogen-bond acceptors (Lipinski definition) is 3. The summed E-state index contributed by atoms with van der Waals surface area (Å²) < 4.78 is 0. The van der Waals surface area contributed by atoms with Gasteiger partial charge in [0.1, 0.15) is 0 Å². The molecule has 3 nitrogen and oxygen atoms in total. The van der Waals surface area contributed by atoms with Crippen molar-refractivity contribution in [3.63, 3.8) is 0 Å². The summed E-state index contributed by atoms with van der Waals surface area (Å²) in [5.41, 5.74) is 10.3. The quantitative estimate of drug-likeness (QED) is 0.190. The Balaban J connectivity index is 1.30. The second-order valence-corrected chi connectivity index (χ2v) is 14.0. The monoisotopic (exact) mass is 651 g/mol. The summed E-state index contributed by atoms with van der Waals surface area (Å²) in [5.74, 6) is 1.97. The molecule has 0 atom stereocenters. The van der Waals surface area contributed by atoms with E-state index in [2.05, 4.69) is 178 Å². The highest BCUT2D eigenvalue weighted by molar-refractivity contribution is 6.11. The largest absolute Gasteiger partial charge is 0.208 e. The zero-order valence-corrected chi connectivity index (χ0v) is 28.4. The first-order valence-electron chi connectivity index (χ1n) is 17.5. The van der Waals surface area contributed by atoms with Gasteiger partial charge in [0.15, 0.2) is 17.5 Å². The van der Waals surface area contributed by atoms with Crippen LogP contribution in [0.1, 0.15) is 25.0 Å². The maximum atomic E-state index is 5.32. The summed E-state index contributed by atoms with van der Waals surface area (Å²) >= 11 is 0. The Bertz CT molecular complexity index is 2740. The van der Waals surface area contributed by atoms with Crippen molar-refractivity contribution in [2.45, 2.75) is 19.3 Å². The fraction of sp³-hybridized carbons (Fsp3) is 0.0625. The maximum absolute atomic E-state index is 5.32. The van der Waals surface area contributed by atoms with E-state index in [0.717, 1.165) is 32.8 Å². The van der Waals surface area contributed by atoms with Crippen molar-refractivity contribution in [2.24, 2.45) is 0 Å². The number of hydrogen-bond donors (Lipinski definition) is 0. The summed E-state index contributed by atoms with van der Waals surface area (Å²) in [6, 6.07) is 58.4. The Morgan fingerprint density at radius 1 is 0.373 bits per heavy atom. The topological polar surface area (TPSA) is 38.7 Å². The lowest BCUT2D eigenvalue weighted by molar-refractivity contribution is 0.666. The van der Waals surface area contributed by atoms with E-state index in [1.807, 2.05) is 0 Å². The molecule has 0 saturated heterocycles. The highest BCUT2D eigenvalue weighted by atomic mass is 15.0. The third-order valence-corrected chi connectivity index (χ3v) is 10.7. The van der Waals surface area contributed by atoms with Crippen molar-refractivity contribution < 1.29 is 0 Å². The van der Waals surface area contributed by atoms with Crippen LogP contribution < -0.4 is 0 Å². The van der Waals surface area contributed by atoms with Crippen molar-refractivity contribution in [3.05, 3.63) is 175 Å². The van der Waals surface area contributed by atoms with Crippen molar-refractivity contribution >= 4 is 32.3 Å². The number of fused-ring (bicyclic) bond motifs is 7. The summed E-state index contributed by atoms with van der Waals surface area (Å²) in [6.07, 6.45) is 0. The number of rotatable bonds is 4. The van der Waals surface area contributed by atoms with Gasteiger partial charge < -0.3 is 0 Å². The minimum Gasteiger partial charge on any atom is -0.208 e. The molecule has 1 aliphatic rings. The van der Waals surface area contributed by atoms with Gasteiger partial charge in [-0.3, -0.25) is 0 Å². The molecule has 1 heterocycles. The SMILES string of the molecule is CC1(C)c2ccccc2-c2cc(-c3nc(-c4ccc5ccccc5c4)nc(-c4ccc5ccccc5c4)n3)c3cccc(-c4ccccc4)c3c21. The van der Waals surface area contributed by atoms with E-state index in [-0.39, 0.29) is 5.41 Å². The van der Waals surface area contributed by atoms with Gasteiger partial charge in [-0.15, -0.1) is 0 Å². The summed E-state index contributed by atoms with van der Waals surface area (Å²) in [5, 5.41) is 7.06. The maximum Gasteiger partial charge on any atom is 0.164 e. The van der Waals surface area contributed by atoms with E-state index in [0.29, 0.717) is 17.5 Å². The Kier molecular flexibility index (Phi) is 6.53. The molecule has 10 rings (SSSR count). The second-order valence-electron chi connectivity index (χ2n) is 14.0. The zero-order valence-electron chi connectivity index (χ0n) is 28.4. The second kappa shape index (κ2) is 11.3. The van der Waals surface area contributed by atoms with Crippen molar-refractivity contribution in [3.8, 4) is 56.4 Å². The predicted octanol–water partition coefficient (Wildman–Crippen LogP) is 12.3. The Labute approximate surface area is 297 Å². The van der Waals surface area contributed by atoms with Gasteiger partial charge in [-0.25, -0.2) is 15.0 Å². The van der Waals surface area contributed by atoms with Crippen LogP contribution in [0.5, 0.6) is 0 Å². The molecule has 8 aromatic carbocycles.